The minimum absolute atomic E-state index is 0.0723. The highest BCUT2D eigenvalue weighted by atomic mass is 35.5. The van der Waals surface area contributed by atoms with Crippen molar-refractivity contribution in [1.29, 1.82) is 0 Å². The van der Waals surface area contributed by atoms with E-state index in [1.54, 1.807) is 36.4 Å². The summed E-state index contributed by atoms with van der Waals surface area (Å²) in [4.78, 5) is 53.0. The lowest BCUT2D eigenvalue weighted by Crippen LogP contribution is -2.57. The van der Waals surface area contributed by atoms with E-state index in [4.69, 9.17) is 32.7 Å². The molecule has 1 heterocycles. The smallest absolute Gasteiger partial charge is 0.338 e. The van der Waals surface area contributed by atoms with E-state index in [2.05, 4.69) is 0 Å². The summed E-state index contributed by atoms with van der Waals surface area (Å²) in [5.74, 6) is -3.53. The van der Waals surface area contributed by atoms with Gasteiger partial charge < -0.3 is 9.47 Å². The third-order valence-electron chi connectivity index (χ3n) is 8.95. The summed E-state index contributed by atoms with van der Waals surface area (Å²) in [7, 11) is 1.52. The molecule has 1 aliphatic heterocycles. The van der Waals surface area contributed by atoms with Gasteiger partial charge in [-0.2, -0.15) is 0 Å². The second-order valence-corrected chi connectivity index (χ2v) is 12.4. The molecule has 1 saturated heterocycles. The molecule has 2 bridgehead atoms. The molecule has 220 valence electrons. The summed E-state index contributed by atoms with van der Waals surface area (Å²) in [6.07, 6.45) is -1.09. The molecule has 8 rings (SSSR count). The number of halogens is 2. The van der Waals surface area contributed by atoms with Crippen LogP contribution in [-0.4, -0.2) is 36.8 Å². The number of alkyl halides is 2. The molecule has 9 heteroatoms. The average Bonchev–Trinajstić information content (AvgIpc) is 3.33. The van der Waals surface area contributed by atoms with Gasteiger partial charge in [-0.05, 0) is 71.6 Å². The van der Waals surface area contributed by atoms with Gasteiger partial charge >= 0.3 is 5.97 Å². The number of esters is 1. The number of amides is 2. The predicted molar refractivity (Wildman–Crippen MR) is 164 cm³/mol. The van der Waals surface area contributed by atoms with Crippen LogP contribution >= 0.6 is 23.2 Å². The van der Waals surface area contributed by atoms with E-state index in [0.717, 1.165) is 4.90 Å². The van der Waals surface area contributed by atoms with Crippen molar-refractivity contribution in [2.75, 3.05) is 12.0 Å². The number of anilines is 1. The molecule has 44 heavy (non-hydrogen) atoms. The van der Waals surface area contributed by atoms with Gasteiger partial charge in [-0.25, -0.2) is 9.69 Å². The molecule has 0 radical (unpaired) electrons. The van der Waals surface area contributed by atoms with Crippen molar-refractivity contribution in [3.8, 4) is 5.75 Å². The maximum absolute atomic E-state index is 14.3. The van der Waals surface area contributed by atoms with Crippen molar-refractivity contribution in [1.82, 2.24) is 0 Å². The van der Waals surface area contributed by atoms with Gasteiger partial charge in [-0.1, -0.05) is 54.6 Å². The van der Waals surface area contributed by atoms with Gasteiger partial charge in [0.2, 0.25) is 17.6 Å². The molecule has 0 unspecified atom stereocenters. The van der Waals surface area contributed by atoms with Crippen molar-refractivity contribution in [2.24, 2.45) is 11.8 Å². The van der Waals surface area contributed by atoms with Crippen molar-refractivity contribution < 1.29 is 28.7 Å². The Balaban J connectivity index is 1.21. The Morgan fingerprint density at radius 1 is 0.727 bits per heavy atom. The van der Waals surface area contributed by atoms with Crippen LogP contribution < -0.4 is 9.64 Å². The molecular weight excluding hydrogens is 601 g/mol. The third-order valence-corrected chi connectivity index (χ3v) is 10.2. The Morgan fingerprint density at radius 3 is 1.70 bits per heavy atom. The van der Waals surface area contributed by atoms with Crippen LogP contribution in [-0.2, 0) is 24.1 Å². The SMILES string of the molecule is COc1ccc(C(=O)[C@H](C)OC(=O)c2cccc(N3C(=O)[C@H]4[C@H](C3=O)C3(Cl)c5ccccc5C4(Cl)c4ccccc43)c2)cc1. The first-order valence-corrected chi connectivity index (χ1v) is 14.8. The minimum atomic E-state index is -1.32. The lowest BCUT2D eigenvalue weighted by atomic mass is 9.54. The maximum Gasteiger partial charge on any atom is 0.338 e. The number of rotatable bonds is 6. The van der Waals surface area contributed by atoms with E-state index in [1.165, 1.54) is 26.2 Å². The number of ketones is 1. The van der Waals surface area contributed by atoms with Crippen molar-refractivity contribution in [2.45, 2.75) is 22.8 Å². The van der Waals surface area contributed by atoms with Gasteiger partial charge in [0, 0.05) is 5.56 Å². The maximum atomic E-state index is 14.3. The Kier molecular flexibility index (Phi) is 6.46. The first-order chi connectivity index (χ1) is 21.1. The fourth-order valence-corrected chi connectivity index (χ4v) is 8.06. The summed E-state index contributed by atoms with van der Waals surface area (Å²) in [5, 5.41) is 0. The molecule has 0 aromatic heterocycles. The molecule has 0 N–H and O–H groups in total. The van der Waals surface area contributed by atoms with Crippen molar-refractivity contribution in [3.63, 3.8) is 0 Å². The van der Waals surface area contributed by atoms with Crippen molar-refractivity contribution >= 4 is 52.5 Å². The lowest BCUT2D eigenvalue weighted by Gasteiger charge is -2.54. The number of Topliss-reactive ketones (excluding diaryl/α,β-unsaturated/α-hetero) is 1. The van der Waals surface area contributed by atoms with Crippen LogP contribution in [0.25, 0.3) is 0 Å². The van der Waals surface area contributed by atoms with E-state index in [1.807, 2.05) is 48.5 Å². The molecular formula is C35H25Cl2NO6. The quantitative estimate of drug-likeness (QED) is 0.109. The van der Waals surface area contributed by atoms with E-state index < -0.39 is 45.5 Å². The zero-order valence-corrected chi connectivity index (χ0v) is 25.1. The summed E-state index contributed by atoms with van der Waals surface area (Å²) in [6, 6.07) is 27.3. The number of benzene rings is 4. The highest BCUT2D eigenvalue weighted by molar-refractivity contribution is 6.38. The molecule has 0 spiro atoms. The van der Waals surface area contributed by atoms with Gasteiger partial charge in [-0.3, -0.25) is 14.4 Å². The van der Waals surface area contributed by atoms with Gasteiger partial charge in [0.05, 0.1) is 30.2 Å². The Morgan fingerprint density at radius 2 is 1.23 bits per heavy atom. The largest absolute Gasteiger partial charge is 0.497 e. The van der Waals surface area contributed by atoms with Gasteiger partial charge in [0.25, 0.3) is 0 Å². The van der Waals surface area contributed by atoms with Gasteiger partial charge in [-0.15, -0.1) is 23.2 Å². The predicted octanol–water partition coefficient (Wildman–Crippen LogP) is 6.22. The first-order valence-electron chi connectivity index (χ1n) is 14.1. The number of ether oxygens (including phenoxy) is 2. The second-order valence-electron chi connectivity index (χ2n) is 11.2. The van der Waals surface area contributed by atoms with Crippen LogP contribution in [0.2, 0.25) is 0 Å². The highest BCUT2D eigenvalue weighted by Gasteiger charge is 2.73. The summed E-state index contributed by atoms with van der Waals surface area (Å²) < 4.78 is 10.6. The summed E-state index contributed by atoms with van der Waals surface area (Å²) >= 11 is 15.0. The fraction of sp³-hybridized carbons (Fsp3) is 0.200. The van der Waals surface area contributed by atoms with Crippen LogP contribution in [0.3, 0.4) is 0 Å². The molecule has 4 aromatic carbocycles. The van der Waals surface area contributed by atoms with Crippen LogP contribution in [0, 0.1) is 11.8 Å². The zero-order valence-electron chi connectivity index (χ0n) is 23.6. The molecule has 1 fully saturated rings. The van der Waals surface area contributed by atoms with Gasteiger partial charge in [0.15, 0.2) is 6.10 Å². The molecule has 3 aliphatic carbocycles. The lowest BCUT2D eigenvalue weighted by molar-refractivity contribution is -0.122. The number of imide groups is 1. The monoisotopic (exact) mass is 625 g/mol. The van der Waals surface area contributed by atoms with Crippen LogP contribution in [0.15, 0.2) is 97.1 Å². The van der Waals surface area contributed by atoms with E-state index in [0.29, 0.717) is 33.6 Å². The molecule has 2 amide bonds. The zero-order chi connectivity index (χ0) is 31.0. The number of methoxy groups -OCH3 is 1. The average molecular weight is 626 g/mol. The van der Waals surface area contributed by atoms with Crippen molar-refractivity contribution in [3.05, 3.63) is 130 Å². The third kappa shape index (κ3) is 3.75. The topological polar surface area (TPSA) is 90.0 Å². The van der Waals surface area contributed by atoms with Crippen LogP contribution in [0.1, 0.15) is 49.9 Å². The van der Waals surface area contributed by atoms with Crippen LogP contribution in [0.4, 0.5) is 5.69 Å². The minimum Gasteiger partial charge on any atom is -0.497 e. The Hall–Kier alpha value is -4.46. The fourth-order valence-electron chi connectivity index (χ4n) is 6.97. The normalized spacial score (nSPS) is 25.1. The number of hydrogen-bond donors (Lipinski definition) is 0. The van der Waals surface area contributed by atoms with Crippen LogP contribution in [0.5, 0.6) is 5.75 Å². The number of carbonyl (C=O) groups is 4. The summed E-state index contributed by atoms with van der Waals surface area (Å²) in [5.41, 5.74) is 3.42. The number of carbonyl (C=O) groups excluding carboxylic acids is 4. The second kappa shape index (κ2) is 10.0. The van der Waals surface area contributed by atoms with E-state index in [-0.39, 0.29) is 17.0 Å². The Labute approximate surface area is 263 Å². The summed E-state index contributed by atoms with van der Waals surface area (Å²) in [6.45, 7) is 1.48. The Bertz CT molecular complexity index is 1760. The number of nitrogens with zero attached hydrogens (tertiary/aromatic N) is 1. The first kappa shape index (κ1) is 28.3. The molecule has 7 nitrogen and oxygen atoms in total. The standard InChI is InChI=1S/C35H25Cl2NO6/c1-19(30(39)20-14-16-23(43-2)17-15-20)44-33(42)21-8-7-9-22(18-21)38-31(40)28-29(32(38)41)35(37)25-11-4-3-10-24(25)34(28,36)26-12-5-6-13-27(26)35/h3-19,28-29H,1-2H3/t19-,28+,29+,34?,35?/m0/s1. The molecule has 0 saturated carbocycles. The highest BCUT2D eigenvalue weighted by Crippen LogP contribution is 2.69. The number of hydrogen-bond acceptors (Lipinski definition) is 6. The molecule has 4 aromatic rings. The van der Waals surface area contributed by atoms with Gasteiger partial charge in [0.1, 0.15) is 15.5 Å². The van der Waals surface area contributed by atoms with E-state index in [9.17, 15) is 19.2 Å². The molecule has 3 atom stereocenters. The molecule has 4 aliphatic rings. The van der Waals surface area contributed by atoms with E-state index >= 15 is 0 Å².